The lowest BCUT2D eigenvalue weighted by Crippen LogP contribution is -2.41. The number of benzene rings is 1. The maximum atomic E-state index is 13.0. The SMILES string of the molecule is COC(=O)Cn1c(=O)c2c(nc3n2CCN3c2ccccc2OC)n(C)c1=O. The van der Waals surface area contributed by atoms with Crippen molar-refractivity contribution >= 4 is 28.8 Å². The molecule has 0 saturated heterocycles. The number of para-hydroxylation sites is 2. The van der Waals surface area contributed by atoms with Gasteiger partial charge in [0.15, 0.2) is 11.2 Å². The highest BCUT2D eigenvalue weighted by Crippen LogP contribution is 2.36. The lowest BCUT2D eigenvalue weighted by atomic mass is 10.2. The van der Waals surface area contributed by atoms with Gasteiger partial charge in [-0.25, -0.2) is 9.36 Å². The molecule has 0 amide bonds. The maximum Gasteiger partial charge on any atom is 0.333 e. The van der Waals surface area contributed by atoms with Crippen molar-refractivity contribution in [3.63, 3.8) is 0 Å². The predicted molar refractivity (Wildman–Crippen MR) is 101 cm³/mol. The third kappa shape index (κ3) is 2.48. The summed E-state index contributed by atoms with van der Waals surface area (Å²) in [6, 6.07) is 7.51. The Morgan fingerprint density at radius 2 is 1.93 bits per heavy atom. The number of nitrogens with zero attached hydrogens (tertiary/aromatic N) is 5. The standard InChI is InChI=1S/C18H19N5O5/c1-20-15-14(16(25)23(18(20)26)10-13(24)28-3)22-9-8-21(17(22)19-15)11-6-4-5-7-12(11)27-2/h4-7H,8-10H2,1-3H3. The summed E-state index contributed by atoms with van der Waals surface area (Å²) in [4.78, 5) is 43.7. The predicted octanol–water partition coefficient (Wildman–Crippen LogP) is 0.230. The quantitative estimate of drug-likeness (QED) is 0.593. The molecule has 4 rings (SSSR count). The fraction of sp³-hybridized carbons (Fsp3) is 0.333. The Bertz CT molecular complexity index is 1210. The van der Waals surface area contributed by atoms with Gasteiger partial charge >= 0.3 is 11.7 Å². The van der Waals surface area contributed by atoms with Gasteiger partial charge in [0, 0.05) is 20.1 Å². The summed E-state index contributed by atoms with van der Waals surface area (Å²) in [6.45, 7) is 0.655. The van der Waals surface area contributed by atoms with Crippen LogP contribution < -0.4 is 20.9 Å². The minimum Gasteiger partial charge on any atom is -0.495 e. The van der Waals surface area contributed by atoms with E-state index in [1.165, 1.54) is 18.7 Å². The molecule has 0 aliphatic carbocycles. The maximum absolute atomic E-state index is 13.0. The van der Waals surface area contributed by atoms with Crippen molar-refractivity contribution in [1.29, 1.82) is 0 Å². The molecule has 10 heteroatoms. The van der Waals surface area contributed by atoms with Crippen molar-refractivity contribution in [3.8, 4) is 5.75 Å². The molecule has 1 aliphatic rings. The Balaban J connectivity index is 1.94. The van der Waals surface area contributed by atoms with Crippen LogP contribution in [0.1, 0.15) is 0 Å². The van der Waals surface area contributed by atoms with E-state index in [1.54, 1.807) is 11.7 Å². The zero-order valence-corrected chi connectivity index (χ0v) is 15.7. The highest BCUT2D eigenvalue weighted by Gasteiger charge is 2.30. The summed E-state index contributed by atoms with van der Waals surface area (Å²) < 4.78 is 13.9. The molecule has 3 heterocycles. The molecule has 1 aromatic carbocycles. The molecule has 146 valence electrons. The number of rotatable bonds is 4. The van der Waals surface area contributed by atoms with E-state index in [4.69, 9.17) is 4.74 Å². The average Bonchev–Trinajstić information content (AvgIpc) is 3.28. The lowest BCUT2D eigenvalue weighted by Gasteiger charge is -2.18. The number of esters is 1. The fourth-order valence-corrected chi connectivity index (χ4v) is 3.49. The molecule has 1 aliphatic heterocycles. The van der Waals surface area contributed by atoms with E-state index in [0.29, 0.717) is 24.8 Å². The third-order valence-electron chi connectivity index (χ3n) is 4.89. The number of fused-ring (bicyclic) bond motifs is 3. The van der Waals surface area contributed by atoms with Crippen molar-refractivity contribution in [1.82, 2.24) is 18.7 Å². The van der Waals surface area contributed by atoms with Crippen molar-refractivity contribution in [3.05, 3.63) is 45.1 Å². The van der Waals surface area contributed by atoms with Crippen LogP contribution in [0.25, 0.3) is 11.2 Å². The Morgan fingerprint density at radius 3 is 2.64 bits per heavy atom. The van der Waals surface area contributed by atoms with Gasteiger partial charge < -0.3 is 18.9 Å². The first-order valence-electron chi connectivity index (χ1n) is 8.65. The van der Waals surface area contributed by atoms with Crippen LogP contribution in [0.4, 0.5) is 11.6 Å². The summed E-state index contributed by atoms with van der Waals surface area (Å²) in [7, 11) is 4.32. The van der Waals surface area contributed by atoms with Crippen LogP contribution in [-0.2, 0) is 29.7 Å². The molecule has 0 saturated carbocycles. The van der Waals surface area contributed by atoms with Crippen molar-refractivity contribution < 1.29 is 14.3 Å². The first-order chi connectivity index (χ1) is 13.5. The van der Waals surface area contributed by atoms with Gasteiger partial charge in [-0.1, -0.05) is 12.1 Å². The highest BCUT2D eigenvalue weighted by molar-refractivity contribution is 5.79. The van der Waals surface area contributed by atoms with Gasteiger partial charge in [0.1, 0.15) is 12.3 Å². The first kappa shape index (κ1) is 17.8. The van der Waals surface area contributed by atoms with Crippen LogP contribution in [0.5, 0.6) is 5.75 Å². The Labute approximate surface area is 159 Å². The molecule has 10 nitrogen and oxygen atoms in total. The van der Waals surface area contributed by atoms with E-state index in [1.807, 2.05) is 29.2 Å². The molecule has 3 aromatic rings. The monoisotopic (exact) mass is 385 g/mol. The molecule has 2 aromatic heterocycles. The van der Waals surface area contributed by atoms with Gasteiger partial charge in [0.2, 0.25) is 5.95 Å². The van der Waals surface area contributed by atoms with Gasteiger partial charge in [0.05, 0.1) is 19.9 Å². The summed E-state index contributed by atoms with van der Waals surface area (Å²) >= 11 is 0. The van der Waals surface area contributed by atoms with E-state index in [9.17, 15) is 14.4 Å². The summed E-state index contributed by atoms with van der Waals surface area (Å²) in [5.74, 6) is 0.553. The second-order valence-corrected chi connectivity index (χ2v) is 6.37. The van der Waals surface area contributed by atoms with Crippen LogP contribution in [0.15, 0.2) is 33.9 Å². The van der Waals surface area contributed by atoms with Crippen LogP contribution >= 0.6 is 0 Å². The Hall–Kier alpha value is -3.56. The number of carbonyl (C=O) groups is 1. The normalized spacial score (nSPS) is 13.0. The van der Waals surface area contributed by atoms with Gasteiger partial charge in [-0.15, -0.1) is 0 Å². The molecule has 0 spiro atoms. The number of aryl methyl sites for hydroxylation is 1. The molecular formula is C18H19N5O5. The molecule has 0 fully saturated rings. The summed E-state index contributed by atoms with van der Waals surface area (Å²) in [6.07, 6.45) is 0. The van der Waals surface area contributed by atoms with E-state index < -0.39 is 23.8 Å². The largest absolute Gasteiger partial charge is 0.495 e. The Morgan fingerprint density at radius 1 is 1.18 bits per heavy atom. The van der Waals surface area contributed by atoms with Crippen molar-refractivity contribution in [2.75, 3.05) is 25.7 Å². The van der Waals surface area contributed by atoms with E-state index in [2.05, 4.69) is 9.72 Å². The van der Waals surface area contributed by atoms with Crippen LogP contribution in [0.2, 0.25) is 0 Å². The number of ether oxygens (including phenoxy) is 2. The first-order valence-corrected chi connectivity index (χ1v) is 8.65. The lowest BCUT2D eigenvalue weighted by molar-refractivity contribution is -0.141. The molecule has 0 N–H and O–H groups in total. The zero-order valence-electron chi connectivity index (χ0n) is 15.7. The molecule has 0 radical (unpaired) electrons. The van der Waals surface area contributed by atoms with Gasteiger partial charge in [-0.05, 0) is 12.1 Å². The smallest absolute Gasteiger partial charge is 0.333 e. The molecule has 0 atom stereocenters. The number of hydrogen-bond donors (Lipinski definition) is 0. The van der Waals surface area contributed by atoms with Gasteiger partial charge in [-0.2, -0.15) is 4.98 Å². The van der Waals surface area contributed by atoms with Crippen molar-refractivity contribution in [2.24, 2.45) is 7.05 Å². The minimum atomic E-state index is -0.671. The molecule has 0 bridgehead atoms. The highest BCUT2D eigenvalue weighted by atomic mass is 16.5. The topological polar surface area (TPSA) is 101 Å². The number of carbonyl (C=O) groups excluding carboxylic acids is 1. The number of hydrogen-bond acceptors (Lipinski definition) is 7. The average molecular weight is 385 g/mol. The van der Waals surface area contributed by atoms with Crippen LogP contribution in [-0.4, -0.2) is 45.4 Å². The zero-order chi connectivity index (χ0) is 20.0. The number of aromatic nitrogens is 4. The van der Waals surface area contributed by atoms with Crippen molar-refractivity contribution in [2.45, 2.75) is 13.1 Å². The fourth-order valence-electron chi connectivity index (χ4n) is 3.49. The Kier molecular flexibility index (Phi) is 4.17. The number of imidazole rings is 1. The summed E-state index contributed by atoms with van der Waals surface area (Å²) in [5, 5.41) is 0. The summed E-state index contributed by atoms with van der Waals surface area (Å²) in [5.41, 5.74) is 0.177. The van der Waals surface area contributed by atoms with Crippen LogP contribution in [0.3, 0.4) is 0 Å². The second-order valence-electron chi connectivity index (χ2n) is 6.37. The minimum absolute atomic E-state index is 0.269. The second kappa shape index (κ2) is 6.55. The molecule has 0 unspecified atom stereocenters. The van der Waals surface area contributed by atoms with Crippen LogP contribution in [0, 0.1) is 0 Å². The van der Waals surface area contributed by atoms with Gasteiger partial charge in [-0.3, -0.25) is 14.2 Å². The van der Waals surface area contributed by atoms with Gasteiger partial charge in [0.25, 0.3) is 5.56 Å². The number of anilines is 2. The van der Waals surface area contributed by atoms with E-state index in [-0.39, 0.29) is 11.2 Å². The molecular weight excluding hydrogens is 366 g/mol. The van der Waals surface area contributed by atoms with E-state index >= 15 is 0 Å². The molecule has 28 heavy (non-hydrogen) atoms. The number of methoxy groups -OCH3 is 2. The van der Waals surface area contributed by atoms with E-state index in [0.717, 1.165) is 10.3 Å². The third-order valence-corrected chi connectivity index (χ3v) is 4.89.